The first-order chi connectivity index (χ1) is 8.27. The molecule has 2 atom stereocenters. The molecule has 1 amide bonds. The first-order valence-electron chi connectivity index (χ1n) is 6.66. The molecule has 2 fully saturated rings. The molecule has 4 heteroatoms. The topological polar surface area (TPSA) is 23.6 Å². The maximum Gasteiger partial charge on any atom is 0.286 e. The Bertz CT molecular complexity index is 349. The Morgan fingerprint density at radius 1 is 1.29 bits per heavy atom. The van der Waals surface area contributed by atoms with Crippen LogP contribution in [0.1, 0.15) is 32.1 Å². The monoisotopic (exact) mass is 252 g/mol. The minimum absolute atomic E-state index is 0.227. The Hall–Kier alpha value is -0.480. The lowest BCUT2D eigenvalue weighted by atomic mass is 9.92. The van der Waals surface area contributed by atoms with Crippen LogP contribution in [-0.2, 0) is 0 Å². The van der Waals surface area contributed by atoms with Crippen LogP contribution < -0.4 is 0 Å². The van der Waals surface area contributed by atoms with Crippen molar-refractivity contribution in [2.24, 2.45) is 0 Å². The van der Waals surface area contributed by atoms with Gasteiger partial charge in [0.05, 0.1) is 6.04 Å². The third-order valence-corrected chi connectivity index (χ3v) is 5.34. The largest absolute Gasteiger partial charge is 0.327 e. The molecule has 3 rings (SSSR count). The van der Waals surface area contributed by atoms with Crippen molar-refractivity contribution in [3.05, 3.63) is 11.0 Å². The third kappa shape index (κ3) is 2.02. The predicted octanol–water partition coefficient (Wildman–Crippen LogP) is 2.69. The van der Waals surface area contributed by atoms with Crippen molar-refractivity contribution in [1.82, 2.24) is 9.80 Å². The maximum atomic E-state index is 11.8. The van der Waals surface area contributed by atoms with Crippen LogP contribution in [0.4, 0.5) is 4.79 Å². The molecule has 2 unspecified atom stereocenters. The molecule has 1 aliphatic carbocycles. The Labute approximate surface area is 107 Å². The Kier molecular flexibility index (Phi) is 3.17. The summed E-state index contributed by atoms with van der Waals surface area (Å²) in [5, 5.41) is 0.227. The molecule has 2 aliphatic heterocycles. The van der Waals surface area contributed by atoms with E-state index in [4.69, 9.17) is 0 Å². The van der Waals surface area contributed by atoms with E-state index in [-0.39, 0.29) is 5.24 Å². The second-order valence-electron chi connectivity index (χ2n) is 5.27. The second kappa shape index (κ2) is 4.65. The van der Waals surface area contributed by atoms with Gasteiger partial charge in [0, 0.05) is 18.0 Å². The lowest BCUT2D eigenvalue weighted by Gasteiger charge is -2.41. The number of hydrogen-bond acceptors (Lipinski definition) is 3. The fourth-order valence-electron chi connectivity index (χ4n) is 3.33. The molecule has 0 N–H and O–H groups in total. The molecule has 94 valence electrons. The summed E-state index contributed by atoms with van der Waals surface area (Å²) in [6, 6.07) is 0.915. The zero-order valence-electron chi connectivity index (χ0n) is 10.4. The van der Waals surface area contributed by atoms with Gasteiger partial charge >= 0.3 is 0 Å². The van der Waals surface area contributed by atoms with E-state index in [9.17, 15) is 4.79 Å². The quantitative estimate of drug-likeness (QED) is 0.717. The molecule has 3 aliphatic rings. The van der Waals surface area contributed by atoms with Gasteiger partial charge in [-0.3, -0.25) is 9.69 Å². The summed E-state index contributed by atoms with van der Waals surface area (Å²) in [6.45, 7) is 2.45. The molecule has 0 bridgehead atoms. The van der Waals surface area contributed by atoms with Crippen LogP contribution in [0.3, 0.4) is 0 Å². The van der Waals surface area contributed by atoms with E-state index in [1.807, 2.05) is 11.9 Å². The number of amides is 1. The van der Waals surface area contributed by atoms with Crippen LogP contribution in [-0.4, -0.2) is 47.3 Å². The summed E-state index contributed by atoms with van der Waals surface area (Å²) >= 11 is 1.45. The Balaban J connectivity index is 1.81. The maximum absolute atomic E-state index is 11.8. The number of nitrogens with zero attached hydrogens (tertiary/aromatic N) is 2. The number of likely N-dealkylation sites (N-methyl/N-ethyl adjacent to an activating group) is 1. The van der Waals surface area contributed by atoms with E-state index in [0.29, 0.717) is 12.1 Å². The zero-order chi connectivity index (χ0) is 11.8. The first kappa shape index (κ1) is 11.6. The van der Waals surface area contributed by atoms with E-state index in [1.54, 1.807) is 0 Å². The van der Waals surface area contributed by atoms with Gasteiger partial charge in [0.25, 0.3) is 5.24 Å². The SMILES string of the molecule is CN1C(=O)SC2=CCCC(N3CCCCC3)C21. The summed E-state index contributed by atoms with van der Waals surface area (Å²) in [5.41, 5.74) is 0. The number of fused-ring (bicyclic) bond motifs is 1. The van der Waals surface area contributed by atoms with Crippen molar-refractivity contribution in [2.75, 3.05) is 20.1 Å². The summed E-state index contributed by atoms with van der Waals surface area (Å²) in [4.78, 5) is 17.7. The zero-order valence-corrected chi connectivity index (χ0v) is 11.2. The molecule has 0 aromatic carbocycles. The molecule has 17 heavy (non-hydrogen) atoms. The summed E-state index contributed by atoms with van der Waals surface area (Å²) in [5.74, 6) is 0. The average molecular weight is 252 g/mol. The molecule has 0 spiro atoms. The second-order valence-corrected chi connectivity index (χ2v) is 6.30. The van der Waals surface area contributed by atoms with Crippen molar-refractivity contribution < 1.29 is 4.79 Å². The number of likely N-dealkylation sites (tertiary alicyclic amines) is 1. The molecular weight excluding hydrogens is 232 g/mol. The minimum atomic E-state index is 0.227. The van der Waals surface area contributed by atoms with Gasteiger partial charge in [-0.15, -0.1) is 0 Å². The highest BCUT2D eigenvalue weighted by Crippen LogP contribution is 2.41. The normalized spacial score (nSPS) is 34.8. The van der Waals surface area contributed by atoms with Gasteiger partial charge in [0.2, 0.25) is 0 Å². The number of thioether (sulfide) groups is 1. The van der Waals surface area contributed by atoms with Crippen molar-refractivity contribution >= 4 is 17.0 Å². The summed E-state index contributed by atoms with van der Waals surface area (Å²) < 4.78 is 0. The molecule has 0 aromatic rings. The van der Waals surface area contributed by atoms with E-state index in [0.717, 1.165) is 6.42 Å². The number of rotatable bonds is 1. The van der Waals surface area contributed by atoms with Gasteiger partial charge in [0.15, 0.2) is 0 Å². The van der Waals surface area contributed by atoms with Crippen LogP contribution >= 0.6 is 11.8 Å². The van der Waals surface area contributed by atoms with Crippen LogP contribution in [0.2, 0.25) is 0 Å². The van der Waals surface area contributed by atoms with Crippen LogP contribution in [0, 0.1) is 0 Å². The highest BCUT2D eigenvalue weighted by molar-refractivity contribution is 8.17. The number of hydrogen-bond donors (Lipinski definition) is 0. The molecule has 0 radical (unpaired) electrons. The molecule has 0 saturated carbocycles. The van der Waals surface area contributed by atoms with Gasteiger partial charge in [-0.1, -0.05) is 12.5 Å². The third-order valence-electron chi connectivity index (χ3n) is 4.23. The van der Waals surface area contributed by atoms with E-state index < -0.39 is 0 Å². The van der Waals surface area contributed by atoms with Crippen molar-refractivity contribution in [3.63, 3.8) is 0 Å². The Morgan fingerprint density at radius 3 is 2.82 bits per heavy atom. The molecular formula is C13H20N2OS. The average Bonchev–Trinajstić information content (AvgIpc) is 2.66. The lowest BCUT2D eigenvalue weighted by molar-refractivity contribution is 0.104. The highest BCUT2D eigenvalue weighted by Gasteiger charge is 2.42. The van der Waals surface area contributed by atoms with Crippen molar-refractivity contribution in [2.45, 2.75) is 44.2 Å². The van der Waals surface area contributed by atoms with Crippen LogP contribution in [0.15, 0.2) is 11.0 Å². The van der Waals surface area contributed by atoms with Crippen LogP contribution in [0.5, 0.6) is 0 Å². The smallest absolute Gasteiger partial charge is 0.286 e. The lowest BCUT2D eigenvalue weighted by Crippen LogP contribution is -2.51. The number of carbonyl (C=O) groups is 1. The van der Waals surface area contributed by atoms with E-state index >= 15 is 0 Å². The van der Waals surface area contributed by atoms with Gasteiger partial charge in [-0.2, -0.15) is 0 Å². The van der Waals surface area contributed by atoms with Crippen molar-refractivity contribution in [3.8, 4) is 0 Å². The highest BCUT2D eigenvalue weighted by atomic mass is 32.2. The van der Waals surface area contributed by atoms with Gasteiger partial charge in [-0.25, -0.2) is 0 Å². The van der Waals surface area contributed by atoms with Gasteiger partial charge in [-0.05, 0) is 50.5 Å². The van der Waals surface area contributed by atoms with E-state index in [2.05, 4.69) is 11.0 Å². The van der Waals surface area contributed by atoms with Gasteiger partial charge < -0.3 is 4.90 Å². The number of piperidine rings is 1. The molecule has 2 saturated heterocycles. The van der Waals surface area contributed by atoms with Crippen LogP contribution in [0.25, 0.3) is 0 Å². The fraction of sp³-hybridized carbons (Fsp3) is 0.769. The first-order valence-corrected chi connectivity index (χ1v) is 7.48. The minimum Gasteiger partial charge on any atom is -0.327 e. The molecule has 3 nitrogen and oxygen atoms in total. The number of allylic oxidation sites excluding steroid dienone is 1. The summed E-state index contributed by atoms with van der Waals surface area (Å²) in [7, 11) is 1.96. The Morgan fingerprint density at radius 2 is 2.06 bits per heavy atom. The standard InChI is InChI=1S/C13H20N2OS/c1-14-12-10(15-8-3-2-4-9-15)6-5-7-11(12)17-13(14)16/h7,10,12H,2-6,8-9H2,1H3. The molecule has 0 aromatic heterocycles. The number of carbonyl (C=O) groups excluding carboxylic acids is 1. The van der Waals surface area contributed by atoms with Gasteiger partial charge in [0.1, 0.15) is 0 Å². The molecule has 2 heterocycles. The summed E-state index contributed by atoms with van der Waals surface area (Å²) in [6.07, 6.45) is 8.66. The predicted molar refractivity (Wildman–Crippen MR) is 71.1 cm³/mol. The van der Waals surface area contributed by atoms with Crippen molar-refractivity contribution in [1.29, 1.82) is 0 Å². The fourth-order valence-corrected chi connectivity index (χ4v) is 4.43. The van der Waals surface area contributed by atoms with E-state index in [1.165, 1.54) is 55.4 Å².